The van der Waals surface area contributed by atoms with Gasteiger partial charge in [-0.05, 0) is 24.0 Å². The normalized spacial score (nSPS) is 19.5. The average Bonchev–Trinajstić information content (AvgIpc) is 2.51. The molecule has 1 aromatic rings. The quantitative estimate of drug-likeness (QED) is 0.730. The van der Waals surface area contributed by atoms with Gasteiger partial charge in [0.25, 0.3) is 0 Å². The highest BCUT2D eigenvalue weighted by Crippen LogP contribution is 2.32. The van der Waals surface area contributed by atoms with Gasteiger partial charge in [-0.15, -0.1) is 0 Å². The molecule has 0 aromatic carbocycles. The minimum Gasteiger partial charge on any atom is -0.396 e. The molecule has 1 saturated heterocycles. The molecule has 0 aliphatic carbocycles. The first-order valence-corrected chi connectivity index (χ1v) is 5.25. The van der Waals surface area contributed by atoms with E-state index in [1.54, 1.807) is 0 Å². The third kappa shape index (κ3) is 1.98. The molecule has 0 unspecified atom stereocenters. The van der Waals surface area contributed by atoms with E-state index in [1.165, 1.54) is 6.42 Å². The molecule has 0 atom stereocenters. The number of aromatic nitrogens is 1. The summed E-state index contributed by atoms with van der Waals surface area (Å²) in [6, 6.07) is 3.76. The summed E-state index contributed by atoms with van der Waals surface area (Å²) in [5, 5.41) is 0. The molecule has 0 radical (unpaired) electrons. The second-order valence-electron chi connectivity index (χ2n) is 4.98. The van der Waals surface area contributed by atoms with Crippen LogP contribution < -0.4 is 16.4 Å². The molecule has 4 N–H and O–H groups in total. The molecule has 82 valence electrons. The van der Waals surface area contributed by atoms with Crippen LogP contribution in [0.5, 0.6) is 0 Å². The van der Waals surface area contributed by atoms with Crippen LogP contribution in [0.15, 0.2) is 12.1 Å². The number of pyridine rings is 1. The van der Waals surface area contributed by atoms with E-state index in [0.717, 1.165) is 18.9 Å². The third-order valence-electron chi connectivity index (χ3n) is 2.94. The van der Waals surface area contributed by atoms with Gasteiger partial charge in [0.05, 0.1) is 5.69 Å². The summed E-state index contributed by atoms with van der Waals surface area (Å²) in [5.74, 6) is 1.37. The highest BCUT2D eigenvalue weighted by atomic mass is 15.2. The fourth-order valence-electron chi connectivity index (χ4n) is 1.96. The maximum Gasteiger partial charge on any atom is 0.149 e. The van der Waals surface area contributed by atoms with Crippen molar-refractivity contribution in [2.45, 2.75) is 20.3 Å². The standard InChI is InChI=1S/C11H18N4/c1-11(2)5-6-15(7-11)9-4-3-8(12)10(13)14-9/h3-4H,5-7,12H2,1-2H3,(H2,13,14). The topological polar surface area (TPSA) is 68.2 Å². The molecule has 0 amide bonds. The Kier molecular flexibility index (Phi) is 2.21. The van der Waals surface area contributed by atoms with E-state index in [-0.39, 0.29) is 0 Å². The molecular weight excluding hydrogens is 188 g/mol. The van der Waals surface area contributed by atoms with Crippen LogP contribution in [0.2, 0.25) is 0 Å². The minimum atomic E-state index is 0.373. The Morgan fingerprint density at radius 2 is 2.07 bits per heavy atom. The van der Waals surface area contributed by atoms with Crippen molar-refractivity contribution in [3.8, 4) is 0 Å². The van der Waals surface area contributed by atoms with E-state index >= 15 is 0 Å². The van der Waals surface area contributed by atoms with Gasteiger partial charge in [0.15, 0.2) is 0 Å². The first-order chi connectivity index (χ1) is 6.98. The Morgan fingerprint density at radius 1 is 1.33 bits per heavy atom. The fourth-order valence-corrected chi connectivity index (χ4v) is 1.96. The predicted molar refractivity (Wildman–Crippen MR) is 63.7 cm³/mol. The van der Waals surface area contributed by atoms with Crippen LogP contribution in [-0.4, -0.2) is 18.1 Å². The van der Waals surface area contributed by atoms with Crippen LogP contribution in [0.25, 0.3) is 0 Å². The van der Waals surface area contributed by atoms with Crippen molar-refractivity contribution in [3.05, 3.63) is 12.1 Å². The highest BCUT2D eigenvalue weighted by molar-refractivity contribution is 5.62. The van der Waals surface area contributed by atoms with Crippen molar-refractivity contribution in [2.75, 3.05) is 29.5 Å². The summed E-state index contributed by atoms with van der Waals surface area (Å²) in [5.41, 5.74) is 12.3. The number of anilines is 3. The van der Waals surface area contributed by atoms with E-state index < -0.39 is 0 Å². The molecule has 15 heavy (non-hydrogen) atoms. The maximum atomic E-state index is 5.69. The molecule has 0 bridgehead atoms. The van der Waals surface area contributed by atoms with Crippen molar-refractivity contribution in [1.29, 1.82) is 0 Å². The van der Waals surface area contributed by atoms with Crippen LogP contribution >= 0.6 is 0 Å². The maximum absolute atomic E-state index is 5.69. The SMILES string of the molecule is CC1(C)CCN(c2ccc(N)c(N)n2)C1. The number of nitrogens with zero attached hydrogens (tertiary/aromatic N) is 2. The van der Waals surface area contributed by atoms with Gasteiger partial charge in [0.2, 0.25) is 0 Å². The molecule has 0 saturated carbocycles. The van der Waals surface area contributed by atoms with Crippen molar-refractivity contribution >= 4 is 17.3 Å². The van der Waals surface area contributed by atoms with Crippen LogP contribution in [0.3, 0.4) is 0 Å². The number of nitrogens with two attached hydrogens (primary N) is 2. The predicted octanol–water partition coefficient (Wildman–Crippen LogP) is 1.48. The van der Waals surface area contributed by atoms with Crippen molar-refractivity contribution in [1.82, 2.24) is 4.98 Å². The number of hydrogen-bond acceptors (Lipinski definition) is 4. The third-order valence-corrected chi connectivity index (χ3v) is 2.94. The summed E-state index contributed by atoms with van der Waals surface area (Å²) < 4.78 is 0. The van der Waals surface area contributed by atoms with E-state index in [0.29, 0.717) is 16.9 Å². The molecule has 1 fully saturated rings. The van der Waals surface area contributed by atoms with Gasteiger partial charge in [-0.3, -0.25) is 0 Å². The Labute approximate surface area is 90.3 Å². The van der Waals surface area contributed by atoms with Gasteiger partial charge in [0.1, 0.15) is 11.6 Å². The van der Waals surface area contributed by atoms with Crippen LogP contribution in [0.4, 0.5) is 17.3 Å². The number of nitrogen functional groups attached to an aromatic ring is 2. The molecule has 1 aliphatic rings. The average molecular weight is 206 g/mol. The largest absolute Gasteiger partial charge is 0.396 e. The second-order valence-corrected chi connectivity index (χ2v) is 4.98. The molecule has 4 nitrogen and oxygen atoms in total. The van der Waals surface area contributed by atoms with Crippen molar-refractivity contribution in [3.63, 3.8) is 0 Å². The van der Waals surface area contributed by atoms with E-state index in [2.05, 4.69) is 23.7 Å². The first kappa shape index (κ1) is 10.1. The first-order valence-electron chi connectivity index (χ1n) is 5.25. The van der Waals surface area contributed by atoms with Crippen LogP contribution in [0.1, 0.15) is 20.3 Å². The van der Waals surface area contributed by atoms with Gasteiger partial charge in [0, 0.05) is 13.1 Å². The number of hydrogen-bond donors (Lipinski definition) is 2. The highest BCUT2D eigenvalue weighted by Gasteiger charge is 2.29. The zero-order valence-corrected chi connectivity index (χ0v) is 9.33. The molecule has 1 aliphatic heterocycles. The Hall–Kier alpha value is -1.45. The lowest BCUT2D eigenvalue weighted by Crippen LogP contribution is -2.23. The molecular formula is C11H18N4. The summed E-state index contributed by atoms with van der Waals surface area (Å²) >= 11 is 0. The van der Waals surface area contributed by atoms with Gasteiger partial charge in [-0.2, -0.15) is 0 Å². The lowest BCUT2D eigenvalue weighted by Gasteiger charge is -2.21. The van der Waals surface area contributed by atoms with E-state index in [9.17, 15) is 0 Å². The van der Waals surface area contributed by atoms with Gasteiger partial charge in [-0.25, -0.2) is 4.98 Å². The monoisotopic (exact) mass is 206 g/mol. The fraction of sp³-hybridized carbons (Fsp3) is 0.545. The summed E-state index contributed by atoms with van der Waals surface area (Å²) in [6.07, 6.45) is 1.19. The lowest BCUT2D eigenvalue weighted by atomic mass is 9.93. The zero-order chi connectivity index (χ0) is 11.1. The summed E-state index contributed by atoms with van der Waals surface area (Å²) in [4.78, 5) is 6.56. The molecule has 2 heterocycles. The summed E-state index contributed by atoms with van der Waals surface area (Å²) in [6.45, 7) is 6.62. The van der Waals surface area contributed by atoms with Gasteiger partial charge >= 0.3 is 0 Å². The Balaban J connectivity index is 2.21. The van der Waals surface area contributed by atoms with Crippen molar-refractivity contribution < 1.29 is 0 Å². The number of rotatable bonds is 1. The van der Waals surface area contributed by atoms with E-state index in [1.807, 2.05) is 12.1 Å². The van der Waals surface area contributed by atoms with Crippen LogP contribution in [-0.2, 0) is 0 Å². The molecule has 4 heteroatoms. The second kappa shape index (κ2) is 3.29. The lowest BCUT2D eigenvalue weighted by molar-refractivity contribution is 0.418. The summed E-state index contributed by atoms with van der Waals surface area (Å²) in [7, 11) is 0. The van der Waals surface area contributed by atoms with Crippen LogP contribution in [0, 0.1) is 5.41 Å². The molecule has 1 aromatic heterocycles. The zero-order valence-electron chi connectivity index (χ0n) is 9.33. The smallest absolute Gasteiger partial charge is 0.149 e. The Morgan fingerprint density at radius 3 is 2.60 bits per heavy atom. The van der Waals surface area contributed by atoms with Crippen molar-refractivity contribution in [2.24, 2.45) is 5.41 Å². The molecule has 2 rings (SSSR count). The van der Waals surface area contributed by atoms with Gasteiger partial charge < -0.3 is 16.4 Å². The van der Waals surface area contributed by atoms with E-state index in [4.69, 9.17) is 11.5 Å². The Bertz CT molecular complexity index is 373. The van der Waals surface area contributed by atoms with Gasteiger partial charge in [-0.1, -0.05) is 13.8 Å². The molecule has 0 spiro atoms. The minimum absolute atomic E-state index is 0.373.